The maximum Gasteiger partial charge on any atom is 0.251 e. The largest absolute Gasteiger partial charge is 0.379 e. The Morgan fingerprint density at radius 2 is 1.69 bits per heavy atom. The highest BCUT2D eigenvalue weighted by Gasteiger charge is 2.28. The van der Waals surface area contributed by atoms with Crippen LogP contribution >= 0.6 is 0 Å². The van der Waals surface area contributed by atoms with Gasteiger partial charge in [-0.05, 0) is 37.5 Å². The molecule has 172 valence electrons. The van der Waals surface area contributed by atoms with Gasteiger partial charge in [0.1, 0.15) is 6.04 Å². The summed E-state index contributed by atoms with van der Waals surface area (Å²) in [5.74, 6) is -0.429. The molecule has 1 aliphatic rings. The van der Waals surface area contributed by atoms with E-state index < -0.39 is 6.04 Å². The van der Waals surface area contributed by atoms with E-state index >= 15 is 0 Å². The first kappa shape index (κ1) is 24.0. The third kappa shape index (κ3) is 6.40. The number of benzene rings is 2. The van der Waals surface area contributed by atoms with Gasteiger partial charge in [0.05, 0.1) is 19.3 Å². The second-order valence-corrected chi connectivity index (χ2v) is 8.88. The first-order chi connectivity index (χ1) is 15.3. The van der Waals surface area contributed by atoms with Gasteiger partial charge < -0.3 is 15.4 Å². The summed E-state index contributed by atoms with van der Waals surface area (Å²) in [6.07, 6.45) is 0. The fraction of sp³-hybridized carbons (Fsp3) is 0.462. The van der Waals surface area contributed by atoms with E-state index in [1.165, 1.54) is 11.1 Å². The summed E-state index contributed by atoms with van der Waals surface area (Å²) in [6.45, 7) is 11.4. The maximum absolute atomic E-state index is 13.1. The molecule has 1 heterocycles. The maximum atomic E-state index is 13.1. The molecular formula is C26H35N3O3. The van der Waals surface area contributed by atoms with E-state index in [-0.39, 0.29) is 23.8 Å². The predicted octanol–water partition coefficient (Wildman–Crippen LogP) is 3.25. The summed E-state index contributed by atoms with van der Waals surface area (Å²) in [5, 5.41) is 6.03. The molecule has 2 amide bonds. The molecule has 6 nitrogen and oxygen atoms in total. The number of ether oxygens (including phenoxy) is 1. The van der Waals surface area contributed by atoms with E-state index in [1.54, 1.807) is 6.07 Å². The van der Waals surface area contributed by atoms with Crippen molar-refractivity contribution in [2.45, 2.75) is 39.8 Å². The number of morpholine rings is 1. The number of amides is 2. The highest BCUT2D eigenvalue weighted by atomic mass is 16.5. The van der Waals surface area contributed by atoms with E-state index in [2.05, 4.69) is 46.7 Å². The summed E-state index contributed by atoms with van der Waals surface area (Å²) in [6, 6.07) is 15.3. The molecule has 2 atom stereocenters. The molecule has 1 fully saturated rings. The van der Waals surface area contributed by atoms with Gasteiger partial charge in [-0.15, -0.1) is 0 Å². The van der Waals surface area contributed by atoms with Crippen molar-refractivity contribution in [2.75, 3.05) is 32.8 Å². The van der Waals surface area contributed by atoms with Crippen molar-refractivity contribution >= 4 is 11.8 Å². The lowest BCUT2D eigenvalue weighted by atomic mass is 10.0. The highest BCUT2D eigenvalue weighted by molar-refractivity contribution is 5.97. The molecule has 1 saturated heterocycles. The molecule has 1 aliphatic heterocycles. The molecule has 2 unspecified atom stereocenters. The van der Waals surface area contributed by atoms with Gasteiger partial charge in [-0.3, -0.25) is 14.5 Å². The standard InChI is InChI=1S/C26H35N3O3/c1-18(2)24(28-25(30)22-7-5-6-20(4)16-22)26(31)27-17-23(29-12-14-32-15-13-29)21-10-8-19(3)9-11-21/h5-11,16,18,23-24H,12-15,17H2,1-4H3,(H,27,31)(H,28,30). The molecular weight excluding hydrogens is 402 g/mol. The smallest absolute Gasteiger partial charge is 0.251 e. The minimum Gasteiger partial charge on any atom is -0.379 e. The molecule has 6 heteroatoms. The average molecular weight is 438 g/mol. The van der Waals surface area contributed by atoms with Gasteiger partial charge in [-0.25, -0.2) is 0 Å². The number of nitrogens with one attached hydrogen (secondary N) is 2. The van der Waals surface area contributed by atoms with Crippen LogP contribution in [0.5, 0.6) is 0 Å². The SMILES string of the molecule is Cc1ccc(C(CNC(=O)C(NC(=O)c2cccc(C)c2)C(C)C)N2CCOCC2)cc1. The zero-order valence-corrected chi connectivity index (χ0v) is 19.6. The topological polar surface area (TPSA) is 70.7 Å². The van der Waals surface area contributed by atoms with Gasteiger partial charge in [0.15, 0.2) is 0 Å². The molecule has 0 spiro atoms. The molecule has 0 aromatic heterocycles. The summed E-state index contributed by atoms with van der Waals surface area (Å²) in [5.41, 5.74) is 3.95. The Morgan fingerprint density at radius 3 is 2.31 bits per heavy atom. The molecule has 0 bridgehead atoms. The molecule has 0 saturated carbocycles. The van der Waals surface area contributed by atoms with Crippen LogP contribution in [0.4, 0.5) is 0 Å². The van der Waals surface area contributed by atoms with Crippen molar-refractivity contribution in [1.82, 2.24) is 15.5 Å². The van der Waals surface area contributed by atoms with Gasteiger partial charge in [-0.2, -0.15) is 0 Å². The van der Waals surface area contributed by atoms with Crippen LogP contribution in [-0.2, 0) is 9.53 Å². The van der Waals surface area contributed by atoms with Crippen LogP contribution in [0.25, 0.3) is 0 Å². The van der Waals surface area contributed by atoms with Crippen LogP contribution in [0, 0.1) is 19.8 Å². The third-order valence-electron chi connectivity index (χ3n) is 5.93. The van der Waals surface area contributed by atoms with Crippen LogP contribution in [0.2, 0.25) is 0 Å². The quantitative estimate of drug-likeness (QED) is 0.665. The Morgan fingerprint density at radius 1 is 1.00 bits per heavy atom. The number of hydrogen-bond donors (Lipinski definition) is 2. The Kier molecular flexibility index (Phi) is 8.42. The Labute approximate surface area is 191 Å². The lowest BCUT2D eigenvalue weighted by Gasteiger charge is -2.35. The van der Waals surface area contributed by atoms with Crippen molar-refractivity contribution in [3.05, 3.63) is 70.8 Å². The summed E-state index contributed by atoms with van der Waals surface area (Å²) in [4.78, 5) is 28.2. The van der Waals surface area contributed by atoms with Crippen molar-refractivity contribution in [2.24, 2.45) is 5.92 Å². The second-order valence-electron chi connectivity index (χ2n) is 8.88. The monoisotopic (exact) mass is 437 g/mol. The number of carbonyl (C=O) groups excluding carboxylic acids is 2. The van der Waals surface area contributed by atoms with E-state index in [0.717, 1.165) is 18.7 Å². The van der Waals surface area contributed by atoms with Gasteiger partial charge in [0.2, 0.25) is 5.91 Å². The number of carbonyl (C=O) groups is 2. The van der Waals surface area contributed by atoms with Gasteiger partial charge in [0, 0.05) is 25.2 Å². The highest BCUT2D eigenvalue weighted by Crippen LogP contribution is 2.22. The minimum absolute atomic E-state index is 0.0371. The minimum atomic E-state index is -0.605. The zero-order chi connectivity index (χ0) is 23.1. The number of nitrogens with zero attached hydrogens (tertiary/aromatic N) is 1. The second kappa shape index (κ2) is 11.2. The van der Waals surface area contributed by atoms with E-state index in [0.29, 0.717) is 25.3 Å². The molecule has 2 aromatic rings. The van der Waals surface area contributed by atoms with Gasteiger partial charge >= 0.3 is 0 Å². The average Bonchev–Trinajstić information content (AvgIpc) is 2.79. The van der Waals surface area contributed by atoms with Crippen molar-refractivity contribution in [1.29, 1.82) is 0 Å². The van der Waals surface area contributed by atoms with Crippen molar-refractivity contribution < 1.29 is 14.3 Å². The van der Waals surface area contributed by atoms with Crippen LogP contribution < -0.4 is 10.6 Å². The summed E-state index contributed by atoms with van der Waals surface area (Å²) < 4.78 is 5.52. The van der Waals surface area contributed by atoms with E-state index in [9.17, 15) is 9.59 Å². The molecule has 0 aliphatic carbocycles. The first-order valence-corrected chi connectivity index (χ1v) is 11.4. The van der Waals surface area contributed by atoms with Crippen molar-refractivity contribution in [3.63, 3.8) is 0 Å². The predicted molar refractivity (Wildman–Crippen MR) is 127 cm³/mol. The van der Waals surface area contributed by atoms with E-state index in [1.807, 2.05) is 39.0 Å². The lowest BCUT2D eigenvalue weighted by Crippen LogP contribution is -2.52. The third-order valence-corrected chi connectivity index (χ3v) is 5.93. The number of rotatable bonds is 8. The summed E-state index contributed by atoms with van der Waals surface area (Å²) in [7, 11) is 0. The molecule has 2 N–H and O–H groups in total. The molecule has 0 radical (unpaired) electrons. The van der Waals surface area contributed by atoms with Crippen LogP contribution in [0.3, 0.4) is 0 Å². The van der Waals surface area contributed by atoms with E-state index in [4.69, 9.17) is 4.74 Å². The summed E-state index contributed by atoms with van der Waals surface area (Å²) >= 11 is 0. The normalized spacial score (nSPS) is 16.4. The number of aryl methyl sites for hydroxylation is 2. The Bertz CT molecular complexity index is 905. The van der Waals surface area contributed by atoms with Gasteiger partial charge in [0.25, 0.3) is 5.91 Å². The first-order valence-electron chi connectivity index (χ1n) is 11.4. The van der Waals surface area contributed by atoms with Crippen LogP contribution in [0.15, 0.2) is 48.5 Å². The number of hydrogen-bond acceptors (Lipinski definition) is 4. The zero-order valence-electron chi connectivity index (χ0n) is 19.6. The molecule has 2 aromatic carbocycles. The van der Waals surface area contributed by atoms with Crippen LogP contribution in [0.1, 0.15) is 46.9 Å². The van der Waals surface area contributed by atoms with Crippen LogP contribution in [-0.4, -0.2) is 55.6 Å². The Balaban J connectivity index is 1.69. The van der Waals surface area contributed by atoms with Crippen molar-refractivity contribution in [3.8, 4) is 0 Å². The fourth-order valence-corrected chi connectivity index (χ4v) is 3.99. The molecule has 3 rings (SSSR count). The molecule has 32 heavy (non-hydrogen) atoms. The fourth-order valence-electron chi connectivity index (χ4n) is 3.99. The van der Waals surface area contributed by atoms with Gasteiger partial charge in [-0.1, -0.05) is 61.4 Å². The Hall–Kier alpha value is -2.70. The lowest BCUT2D eigenvalue weighted by molar-refractivity contribution is -0.124.